The molecule has 6 heteroatoms. The Kier molecular flexibility index (Phi) is 4.53. The number of nitrogens with zero attached hydrogens (tertiary/aromatic N) is 2. The van der Waals surface area contributed by atoms with Gasteiger partial charge in [-0.3, -0.25) is 4.79 Å². The highest BCUT2D eigenvalue weighted by atomic mass is 16.5. The number of carbonyl (C=O) groups is 1. The topological polar surface area (TPSA) is 77.2 Å². The third kappa shape index (κ3) is 3.95. The highest BCUT2D eigenvalue weighted by Crippen LogP contribution is 2.21. The van der Waals surface area contributed by atoms with Crippen molar-refractivity contribution in [3.63, 3.8) is 0 Å². The number of hydrogen-bond acceptors (Lipinski definition) is 5. The van der Waals surface area contributed by atoms with Crippen molar-refractivity contribution < 1.29 is 13.9 Å². The Hall–Kier alpha value is -3.67. The molecular formula is C21H17N3O3. The molecule has 4 rings (SSSR count). The molecule has 27 heavy (non-hydrogen) atoms. The molecule has 0 unspecified atom stereocenters. The lowest BCUT2D eigenvalue weighted by Gasteiger charge is -2.08. The molecule has 0 spiro atoms. The van der Waals surface area contributed by atoms with Crippen LogP contribution >= 0.6 is 0 Å². The highest BCUT2D eigenvalue weighted by Gasteiger charge is 2.10. The molecule has 0 aliphatic rings. The Balaban J connectivity index is 1.46. The number of anilines is 1. The Morgan fingerprint density at radius 3 is 2.81 bits per heavy atom. The van der Waals surface area contributed by atoms with Gasteiger partial charge in [-0.2, -0.15) is 0 Å². The van der Waals surface area contributed by atoms with E-state index in [0.29, 0.717) is 35.2 Å². The standard InChI is InChI=1S/C21H17N3O3/c1-14-23-18-8-7-17(12-19(18)27-14)24-21(25)16-9-10-22-20(11-16)26-13-15-5-3-2-4-6-15/h2-12H,13H2,1H3,(H,24,25). The molecular weight excluding hydrogens is 342 g/mol. The van der Waals surface area contributed by atoms with E-state index in [1.807, 2.05) is 36.4 Å². The average molecular weight is 359 g/mol. The summed E-state index contributed by atoms with van der Waals surface area (Å²) in [5, 5.41) is 2.85. The van der Waals surface area contributed by atoms with E-state index in [4.69, 9.17) is 9.15 Å². The van der Waals surface area contributed by atoms with Crippen LogP contribution in [0.3, 0.4) is 0 Å². The zero-order valence-electron chi connectivity index (χ0n) is 14.7. The SMILES string of the molecule is Cc1nc2ccc(NC(=O)c3ccnc(OCc4ccccc4)c3)cc2o1. The summed E-state index contributed by atoms with van der Waals surface area (Å²) >= 11 is 0. The molecule has 2 aromatic carbocycles. The molecule has 0 aliphatic heterocycles. The monoisotopic (exact) mass is 359 g/mol. The van der Waals surface area contributed by atoms with Crippen molar-refractivity contribution in [2.75, 3.05) is 5.32 Å². The number of pyridine rings is 1. The number of fused-ring (bicyclic) bond motifs is 1. The molecule has 0 aliphatic carbocycles. The first kappa shape index (κ1) is 16.8. The summed E-state index contributed by atoms with van der Waals surface area (Å²) in [4.78, 5) is 20.9. The van der Waals surface area contributed by atoms with Gasteiger partial charge in [0.2, 0.25) is 5.88 Å². The van der Waals surface area contributed by atoms with E-state index >= 15 is 0 Å². The second-order valence-corrected chi connectivity index (χ2v) is 6.03. The van der Waals surface area contributed by atoms with Crippen LogP contribution in [-0.4, -0.2) is 15.9 Å². The van der Waals surface area contributed by atoms with E-state index in [0.717, 1.165) is 11.1 Å². The summed E-state index contributed by atoms with van der Waals surface area (Å²) < 4.78 is 11.2. The quantitative estimate of drug-likeness (QED) is 0.573. The van der Waals surface area contributed by atoms with Crippen molar-refractivity contribution in [3.05, 3.63) is 83.9 Å². The van der Waals surface area contributed by atoms with Gasteiger partial charge >= 0.3 is 0 Å². The van der Waals surface area contributed by atoms with Crippen molar-refractivity contribution in [1.29, 1.82) is 0 Å². The predicted octanol–water partition coefficient (Wildman–Crippen LogP) is 4.36. The van der Waals surface area contributed by atoms with Crippen molar-refractivity contribution in [3.8, 4) is 5.88 Å². The number of aromatic nitrogens is 2. The lowest BCUT2D eigenvalue weighted by Crippen LogP contribution is -2.12. The fraction of sp³-hybridized carbons (Fsp3) is 0.0952. The minimum Gasteiger partial charge on any atom is -0.473 e. The van der Waals surface area contributed by atoms with E-state index in [1.165, 1.54) is 0 Å². The van der Waals surface area contributed by atoms with Gasteiger partial charge < -0.3 is 14.5 Å². The molecule has 4 aromatic rings. The first-order chi connectivity index (χ1) is 13.2. The first-order valence-electron chi connectivity index (χ1n) is 8.49. The van der Waals surface area contributed by atoms with Gasteiger partial charge in [0.15, 0.2) is 11.5 Å². The minimum atomic E-state index is -0.252. The summed E-state index contributed by atoms with van der Waals surface area (Å²) in [5.41, 5.74) is 3.51. The number of rotatable bonds is 5. The molecule has 1 amide bonds. The van der Waals surface area contributed by atoms with Crippen LogP contribution in [0, 0.1) is 6.92 Å². The van der Waals surface area contributed by atoms with Gasteiger partial charge in [0.1, 0.15) is 12.1 Å². The Bertz CT molecular complexity index is 1090. The Morgan fingerprint density at radius 1 is 1.11 bits per heavy atom. The molecule has 0 radical (unpaired) electrons. The lowest BCUT2D eigenvalue weighted by atomic mass is 10.2. The summed E-state index contributed by atoms with van der Waals surface area (Å²) in [5.74, 6) is 0.730. The Labute approximate surface area is 155 Å². The van der Waals surface area contributed by atoms with Crippen LogP contribution in [0.2, 0.25) is 0 Å². The Morgan fingerprint density at radius 2 is 1.96 bits per heavy atom. The van der Waals surface area contributed by atoms with Gasteiger partial charge in [-0.25, -0.2) is 9.97 Å². The maximum absolute atomic E-state index is 12.5. The zero-order chi connectivity index (χ0) is 18.6. The molecule has 0 atom stereocenters. The maximum atomic E-state index is 12.5. The molecule has 2 heterocycles. The second-order valence-electron chi connectivity index (χ2n) is 6.03. The van der Waals surface area contributed by atoms with Gasteiger partial charge in [0, 0.05) is 36.5 Å². The average Bonchev–Trinajstić information content (AvgIpc) is 3.07. The van der Waals surface area contributed by atoms with Crippen LogP contribution in [0.5, 0.6) is 5.88 Å². The fourth-order valence-corrected chi connectivity index (χ4v) is 2.68. The number of nitrogens with one attached hydrogen (secondary N) is 1. The fourth-order valence-electron chi connectivity index (χ4n) is 2.68. The number of aryl methyl sites for hydroxylation is 1. The second kappa shape index (κ2) is 7.29. The molecule has 0 fully saturated rings. The van der Waals surface area contributed by atoms with Crippen molar-refractivity contribution in [2.45, 2.75) is 13.5 Å². The van der Waals surface area contributed by atoms with Gasteiger partial charge in [-0.1, -0.05) is 30.3 Å². The number of hydrogen-bond donors (Lipinski definition) is 1. The van der Waals surface area contributed by atoms with Crippen LogP contribution in [0.25, 0.3) is 11.1 Å². The summed E-state index contributed by atoms with van der Waals surface area (Å²) in [6, 6.07) is 18.4. The third-order valence-corrected chi connectivity index (χ3v) is 3.98. The molecule has 2 aromatic heterocycles. The van der Waals surface area contributed by atoms with E-state index in [1.54, 1.807) is 37.4 Å². The third-order valence-electron chi connectivity index (χ3n) is 3.98. The van der Waals surface area contributed by atoms with Gasteiger partial charge in [-0.05, 0) is 23.8 Å². The molecule has 134 valence electrons. The normalized spacial score (nSPS) is 10.7. The highest BCUT2D eigenvalue weighted by molar-refractivity contribution is 6.05. The van der Waals surface area contributed by atoms with Crippen LogP contribution in [0.1, 0.15) is 21.8 Å². The summed E-state index contributed by atoms with van der Waals surface area (Å²) in [6.07, 6.45) is 1.55. The van der Waals surface area contributed by atoms with E-state index in [-0.39, 0.29) is 5.91 Å². The number of ether oxygens (including phenoxy) is 1. The number of amides is 1. The molecule has 0 saturated carbocycles. The van der Waals surface area contributed by atoms with Crippen molar-refractivity contribution >= 4 is 22.7 Å². The van der Waals surface area contributed by atoms with E-state index in [2.05, 4.69) is 15.3 Å². The number of oxazole rings is 1. The maximum Gasteiger partial charge on any atom is 0.255 e. The number of benzene rings is 2. The van der Waals surface area contributed by atoms with Gasteiger partial charge in [0.25, 0.3) is 5.91 Å². The zero-order valence-corrected chi connectivity index (χ0v) is 14.7. The van der Waals surface area contributed by atoms with Crippen LogP contribution in [0.15, 0.2) is 71.3 Å². The molecule has 0 saturated heterocycles. The molecule has 0 bridgehead atoms. The van der Waals surface area contributed by atoms with Crippen molar-refractivity contribution in [1.82, 2.24) is 9.97 Å². The smallest absolute Gasteiger partial charge is 0.255 e. The summed E-state index contributed by atoms with van der Waals surface area (Å²) in [6.45, 7) is 2.17. The number of carbonyl (C=O) groups excluding carboxylic acids is 1. The lowest BCUT2D eigenvalue weighted by molar-refractivity contribution is 0.102. The van der Waals surface area contributed by atoms with Crippen molar-refractivity contribution in [2.24, 2.45) is 0 Å². The van der Waals surface area contributed by atoms with Crippen LogP contribution in [-0.2, 0) is 6.61 Å². The van der Waals surface area contributed by atoms with Crippen LogP contribution in [0.4, 0.5) is 5.69 Å². The van der Waals surface area contributed by atoms with E-state index in [9.17, 15) is 4.79 Å². The largest absolute Gasteiger partial charge is 0.473 e. The first-order valence-corrected chi connectivity index (χ1v) is 8.49. The van der Waals surface area contributed by atoms with E-state index < -0.39 is 0 Å². The summed E-state index contributed by atoms with van der Waals surface area (Å²) in [7, 11) is 0. The molecule has 6 nitrogen and oxygen atoms in total. The van der Waals surface area contributed by atoms with Gasteiger partial charge in [-0.15, -0.1) is 0 Å². The molecule has 1 N–H and O–H groups in total. The van der Waals surface area contributed by atoms with Crippen LogP contribution < -0.4 is 10.1 Å². The van der Waals surface area contributed by atoms with Gasteiger partial charge in [0.05, 0.1) is 0 Å². The predicted molar refractivity (Wildman–Crippen MR) is 102 cm³/mol. The minimum absolute atomic E-state index is 0.252.